The van der Waals surface area contributed by atoms with Gasteiger partial charge in [0, 0.05) is 29.4 Å². The summed E-state index contributed by atoms with van der Waals surface area (Å²) < 4.78 is 8.41. The van der Waals surface area contributed by atoms with Gasteiger partial charge in [0.25, 0.3) is 0 Å². The molecule has 1 unspecified atom stereocenters. The van der Waals surface area contributed by atoms with E-state index in [0.717, 1.165) is 68.4 Å². The van der Waals surface area contributed by atoms with Gasteiger partial charge in [-0.05, 0) is 57.4 Å². The summed E-state index contributed by atoms with van der Waals surface area (Å²) in [5.41, 5.74) is 2.57. The number of aryl methyl sites for hydroxylation is 1. The van der Waals surface area contributed by atoms with Gasteiger partial charge in [-0.1, -0.05) is 38.1 Å². The Labute approximate surface area is 178 Å². The lowest BCUT2D eigenvalue weighted by Crippen LogP contribution is -2.47. The van der Waals surface area contributed by atoms with Crippen molar-refractivity contribution in [2.75, 3.05) is 0 Å². The lowest BCUT2D eigenvalue weighted by Gasteiger charge is -2.51. The number of nitrogens with zero attached hydrogens (tertiary/aromatic N) is 5. The number of rotatable bonds is 5. The molecule has 0 radical (unpaired) electrons. The number of fused-ring (bicyclic) bond motifs is 3. The number of benzene rings is 1. The number of hydrogen-bond acceptors (Lipinski definition) is 5. The van der Waals surface area contributed by atoms with Crippen molar-refractivity contribution >= 4 is 0 Å². The topological polar surface area (TPSA) is 69.6 Å². The van der Waals surface area contributed by atoms with Crippen molar-refractivity contribution in [1.29, 1.82) is 0 Å². The molecular formula is C24H31N5O. The summed E-state index contributed by atoms with van der Waals surface area (Å²) in [4.78, 5) is 0. The Hall–Kier alpha value is -2.50. The maximum atomic E-state index is 6.18. The van der Waals surface area contributed by atoms with Gasteiger partial charge < -0.3 is 8.98 Å². The second-order valence-corrected chi connectivity index (χ2v) is 9.54. The first-order valence-corrected chi connectivity index (χ1v) is 11.3. The molecule has 3 aromatic rings. The largest absolute Gasteiger partial charge is 0.424 e. The van der Waals surface area contributed by atoms with Crippen LogP contribution in [0.4, 0.5) is 0 Å². The molecule has 0 amide bonds. The van der Waals surface area contributed by atoms with E-state index in [2.05, 4.69) is 71.9 Å². The highest BCUT2D eigenvalue weighted by molar-refractivity contribution is 5.60. The van der Waals surface area contributed by atoms with E-state index in [1.165, 1.54) is 11.1 Å². The number of aromatic nitrogens is 5. The van der Waals surface area contributed by atoms with Crippen molar-refractivity contribution in [3.63, 3.8) is 0 Å². The van der Waals surface area contributed by atoms with E-state index in [9.17, 15) is 0 Å². The van der Waals surface area contributed by atoms with Gasteiger partial charge in [0.2, 0.25) is 11.8 Å². The lowest BCUT2D eigenvalue weighted by atomic mass is 9.53. The highest BCUT2D eigenvalue weighted by atomic mass is 16.4. The van der Waals surface area contributed by atoms with Crippen LogP contribution >= 0.6 is 0 Å². The molecule has 3 saturated carbocycles. The molecule has 3 aliphatic rings. The van der Waals surface area contributed by atoms with Crippen LogP contribution in [0.5, 0.6) is 0 Å². The van der Waals surface area contributed by atoms with E-state index in [-0.39, 0.29) is 10.8 Å². The summed E-state index contributed by atoms with van der Waals surface area (Å²) >= 11 is 0. The van der Waals surface area contributed by atoms with Crippen LogP contribution in [-0.2, 0) is 17.9 Å². The quantitative estimate of drug-likeness (QED) is 0.581. The minimum absolute atomic E-state index is 0.0535. The van der Waals surface area contributed by atoms with E-state index in [1.54, 1.807) is 0 Å². The molecule has 0 saturated heterocycles. The van der Waals surface area contributed by atoms with Crippen LogP contribution < -0.4 is 0 Å². The summed E-state index contributed by atoms with van der Waals surface area (Å²) in [6, 6.07) is 8.41. The average Bonchev–Trinajstić information content (AvgIpc) is 3.43. The van der Waals surface area contributed by atoms with Gasteiger partial charge in [0.1, 0.15) is 5.82 Å². The second kappa shape index (κ2) is 7.03. The van der Waals surface area contributed by atoms with Crippen molar-refractivity contribution in [2.45, 2.75) is 82.5 Å². The second-order valence-electron chi connectivity index (χ2n) is 9.54. The third-order valence-corrected chi connectivity index (χ3v) is 7.91. The van der Waals surface area contributed by atoms with E-state index < -0.39 is 0 Å². The molecule has 2 heterocycles. The van der Waals surface area contributed by atoms with Crippen molar-refractivity contribution < 1.29 is 4.42 Å². The number of hydrogen-bond donors (Lipinski definition) is 0. The first-order chi connectivity index (χ1) is 14.5. The van der Waals surface area contributed by atoms with Crippen molar-refractivity contribution in [2.24, 2.45) is 7.05 Å². The van der Waals surface area contributed by atoms with Crippen molar-refractivity contribution in [3.05, 3.63) is 47.4 Å². The van der Waals surface area contributed by atoms with E-state index in [4.69, 9.17) is 9.52 Å². The summed E-state index contributed by atoms with van der Waals surface area (Å²) in [5, 5.41) is 18.2. The molecule has 3 fully saturated rings. The van der Waals surface area contributed by atoms with E-state index in [0.29, 0.717) is 5.92 Å². The Bertz CT molecular complexity index is 1040. The van der Waals surface area contributed by atoms with Gasteiger partial charge in [-0.25, -0.2) is 0 Å². The normalized spacial score (nSPS) is 26.8. The third-order valence-electron chi connectivity index (χ3n) is 7.91. The van der Waals surface area contributed by atoms with Crippen LogP contribution in [0.25, 0.3) is 11.4 Å². The molecule has 1 aromatic carbocycles. The van der Waals surface area contributed by atoms with Crippen molar-refractivity contribution in [3.8, 4) is 11.4 Å². The van der Waals surface area contributed by atoms with Crippen LogP contribution in [0.3, 0.4) is 0 Å². The molecule has 1 atom stereocenters. The van der Waals surface area contributed by atoms with Crippen LogP contribution in [0.1, 0.15) is 87.9 Å². The summed E-state index contributed by atoms with van der Waals surface area (Å²) in [6.07, 6.45) is 7.59. The fourth-order valence-corrected chi connectivity index (χ4v) is 5.51. The zero-order chi connectivity index (χ0) is 20.9. The molecule has 6 heteroatoms. The fraction of sp³-hybridized carbons (Fsp3) is 0.583. The van der Waals surface area contributed by atoms with Crippen LogP contribution in [-0.4, -0.2) is 25.0 Å². The molecule has 0 spiro atoms. The highest BCUT2D eigenvalue weighted by Crippen LogP contribution is 2.58. The lowest BCUT2D eigenvalue weighted by molar-refractivity contribution is 0.0724. The zero-order valence-electron chi connectivity index (χ0n) is 18.5. The van der Waals surface area contributed by atoms with Gasteiger partial charge in [-0.3, -0.25) is 0 Å². The summed E-state index contributed by atoms with van der Waals surface area (Å²) in [6.45, 7) is 6.45. The summed E-state index contributed by atoms with van der Waals surface area (Å²) in [5.74, 6) is 4.09. The smallest absolute Gasteiger partial charge is 0.222 e. The fourth-order valence-electron chi connectivity index (χ4n) is 5.51. The van der Waals surface area contributed by atoms with Gasteiger partial charge in [-0.2, -0.15) is 0 Å². The molecule has 6 rings (SSSR count). The molecule has 158 valence electrons. The maximum Gasteiger partial charge on any atom is 0.222 e. The van der Waals surface area contributed by atoms with Crippen LogP contribution in [0.15, 0.2) is 28.7 Å². The predicted octanol–water partition coefficient (Wildman–Crippen LogP) is 5.23. The van der Waals surface area contributed by atoms with Gasteiger partial charge in [-0.15, -0.1) is 20.4 Å². The minimum atomic E-state index is 0.0535. The Morgan fingerprint density at radius 1 is 0.967 bits per heavy atom. The van der Waals surface area contributed by atoms with E-state index in [1.807, 2.05) is 0 Å². The molecule has 3 aliphatic carbocycles. The first kappa shape index (κ1) is 19.5. The summed E-state index contributed by atoms with van der Waals surface area (Å²) in [7, 11) is 2.12. The molecule has 2 bridgehead atoms. The predicted molar refractivity (Wildman–Crippen MR) is 115 cm³/mol. The maximum absolute atomic E-state index is 6.18. The standard InChI is InChI=1S/C24H31N5O/c1-5-16(2)20-26-28-22(30-20)24-13-10-23(11-14-24,12-15-24)21-27-25-19(29(21)4)18-9-7-6-8-17(18)3/h6-9,16H,5,10-15H2,1-4H3. The minimum Gasteiger partial charge on any atom is -0.424 e. The molecule has 6 nitrogen and oxygen atoms in total. The Balaban J connectivity index is 1.41. The van der Waals surface area contributed by atoms with Crippen LogP contribution in [0.2, 0.25) is 0 Å². The molecule has 30 heavy (non-hydrogen) atoms. The van der Waals surface area contributed by atoms with Crippen LogP contribution in [0, 0.1) is 6.92 Å². The Morgan fingerprint density at radius 2 is 1.63 bits per heavy atom. The zero-order valence-corrected chi connectivity index (χ0v) is 18.5. The van der Waals surface area contributed by atoms with Gasteiger partial charge in [0.15, 0.2) is 5.82 Å². The monoisotopic (exact) mass is 405 g/mol. The van der Waals surface area contributed by atoms with E-state index >= 15 is 0 Å². The third kappa shape index (κ3) is 2.83. The average molecular weight is 406 g/mol. The first-order valence-electron chi connectivity index (χ1n) is 11.3. The van der Waals surface area contributed by atoms with Gasteiger partial charge >= 0.3 is 0 Å². The Kier molecular flexibility index (Phi) is 4.56. The van der Waals surface area contributed by atoms with Gasteiger partial charge in [0.05, 0.1) is 0 Å². The molecule has 0 N–H and O–H groups in total. The molecule has 2 aromatic heterocycles. The van der Waals surface area contributed by atoms with Crippen molar-refractivity contribution in [1.82, 2.24) is 25.0 Å². The molecular weight excluding hydrogens is 374 g/mol. The highest BCUT2D eigenvalue weighted by Gasteiger charge is 2.54. The SMILES string of the molecule is CCC(C)c1nnc(C23CCC(c4nnc(-c5ccccc5C)n4C)(CC2)CC3)o1. The Morgan fingerprint density at radius 3 is 2.30 bits per heavy atom. The molecule has 0 aliphatic heterocycles.